The van der Waals surface area contributed by atoms with Crippen LogP contribution in [0.4, 0.5) is 46.5 Å². The molecular weight excluding hydrogens is 1770 g/mol. The van der Waals surface area contributed by atoms with Crippen LogP contribution in [0.1, 0.15) is 314 Å². The molecule has 0 aliphatic rings. The van der Waals surface area contributed by atoms with Gasteiger partial charge in [0.05, 0.1) is 51.7 Å². The number of methoxy groups -OCH3 is 2. The minimum atomic E-state index is -0.776. The molecule has 0 unspecified atom stereocenters. The molecule has 0 saturated heterocycles. The van der Waals surface area contributed by atoms with E-state index in [0.29, 0.717) is 48.8 Å². The zero-order valence-electron chi connectivity index (χ0n) is 90.9. The highest BCUT2D eigenvalue weighted by atomic mass is 19.2. The second kappa shape index (κ2) is 58.1. The molecule has 11 aromatic carbocycles. The van der Waals surface area contributed by atoms with Crippen molar-refractivity contribution in [2.45, 2.75) is 308 Å². The molecule has 0 bridgehead atoms. The molecule has 11 rings (SSSR count). The van der Waals surface area contributed by atoms with Gasteiger partial charge < -0.3 is 28.8 Å². The number of nitriles is 1. The van der Waals surface area contributed by atoms with E-state index < -0.39 is 40.3 Å². The van der Waals surface area contributed by atoms with Crippen LogP contribution >= 0.6 is 0 Å². The quantitative estimate of drug-likeness (QED) is 0.0739. The van der Waals surface area contributed by atoms with E-state index in [1.54, 1.807) is 41.1 Å². The molecule has 140 heavy (non-hydrogen) atoms. The number of benzene rings is 11. The molecule has 9 nitrogen and oxygen atoms in total. The van der Waals surface area contributed by atoms with Crippen LogP contribution in [0, 0.1) is 71.0 Å². The van der Waals surface area contributed by atoms with Gasteiger partial charge in [0.25, 0.3) is 0 Å². The molecule has 0 heterocycles. The number of aliphatic hydroxyl groups is 1. The van der Waals surface area contributed by atoms with Crippen molar-refractivity contribution >= 4 is 11.4 Å². The van der Waals surface area contributed by atoms with Crippen molar-refractivity contribution < 1.29 is 63.9 Å². The van der Waals surface area contributed by atoms with Crippen molar-refractivity contribution in [1.29, 1.82) is 5.26 Å². The highest BCUT2D eigenvalue weighted by Gasteiger charge is 2.26. The van der Waals surface area contributed by atoms with E-state index in [0.717, 1.165) is 76.9 Å². The minimum absolute atomic E-state index is 0.0618. The van der Waals surface area contributed by atoms with Crippen molar-refractivity contribution in [3.05, 3.63) is 384 Å². The van der Waals surface area contributed by atoms with Crippen LogP contribution in [0.15, 0.2) is 243 Å². The maximum Gasteiger partial charge on any atom is 0.187 e. The Kier molecular flexibility index (Phi) is 52.6. The largest absolute Gasteiger partial charge is 0.497 e. The molecule has 0 atom stereocenters. The van der Waals surface area contributed by atoms with Crippen LogP contribution in [0.3, 0.4) is 0 Å². The van der Waals surface area contributed by atoms with Crippen LogP contribution in [0.25, 0.3) is 9.69 Å². The summed E-state index contributed by atoms with van der Waals surface area (Å²) >= 11 is 0. The van der Waals surface area contributed by atoms with Gasteiger partial charge in [-0.2, -0.15) is 5.26 Å². The fourth-order valence-electron chi connectivity index (χ4n) is 12.8. The predicted molar refractivity (Wildman–Crippen MR) is 570 cm³/mol. The first kappa shape index (κ1) is 127. The lowest BCUT2D eigenvalue weighted by molar-refractivity contribution is 0.101. The van der Waals surface area contributed by atoms with Crippen LogP contribution < -0.4 is 14.2 Å². The van der Waals surface area contributed by atoms with Gasteiger partial charge in [0.1, 0.15) is 65.4 Å². The summed E-state index contributed by atoms with van der Waals surface area (Å²) in [5, 5.41) is 17.8. The zero-order valence-corrected chi connectivity index (χ0v) is 90.9. The summed E-state index contributed by atoms with van der Waals surface area (Å²) < 4.78 is 130. The lowest BCUT2D eigenvalue weighted by Gasteiger charge is -2.20. The summed E-state index contributed by atoms with van der Waals surface area (Å²) in [6, 6.07) is 73.8. The number of hydrogen-bond acceptors (Lipinski definition) is 7. The van der Waals surface area contributed by atoms with Crippen LogP contribution in [-0.2, 0) is 75.6 Å². The maximum atomic E-state index is 13.1. The maximum absolute atomic E-state index is 13.1. The zero-order chi connectivity index (χ0) is 107. The number of hydrogen-bond donors (Lipinski definition) is 1. The molecule has 0 radical (unpaired) electrons. The van der Waals surface area contributed by atoms with E-state index in [9.17, 15) is 35.1 Å². The van der Waals surface area contributed by atoms with Gasteiger partial charge in [-0.3, -0.25) is 0 Å². The average molecular weight is 1930 g/mol. The van der Waals surface area contributed by atoms with Crippen molar-refractivity contribution in [3.8, 4) is 23.3 Å². The molecule has 0 fully saturated rings. The topological polar surface area (TPSA) is 98.9 Å². The van der Waals surface area contributed by atoms with Gasteiger partial charge in [-0.25, -0.2) is 44.8 Å². The summed E-state index contributed by atoms with van der Waals surface area (Å²) in [6.07, 6.45) is 1.06. The monoisotopic (exact) mass is 1930 g/mol. The number of aliphatic hydroxyl groups excluding tert-OH is 1. The van der Waals surface area contributed by atoms with E-state index >= 15 is 0 Å². The van der Waals surface area contributed by atoms with E-state index in [2.05, 4.69) is 223 Å². The highest BCUT2D eigenvalue weighted by molar-refractivity contribution is 5.49. The first-order valence-electron chi connectivity index (χ1n) is 47.6. The first-order valence-corrected chi connectivity index (χ1v) is 47.6. The number of ether oxygens (including phenoxy) is 5. The van der Waals surface area contributed by atoms with Crippen molar-refractivity contribution in [1.82, 2.24) is 0 Å². The molecule has 11 aromatic rings. The smallest absolute Gasteiger partial charge is 0.187 e. The molecule has 0 amide bonds. The third-order valence-electron chi connectivity index (χ3n) is 21.2. The standard InChI is InChI=1S/C15H24O2.C13H20O2.3C11H13N.2C11H16O.4C10H12F2/c1-5-9-16-10-11-17-14-8-6-7-13(12-14)15(2,3)4;1-13(2,3)11-6-5-7-12(10-11)15-9-8-14-4;1-11(2,3)9-5-7-10(12-4)8-6-9;1-11(2,3)9-6-5-7-10(8-9)12-4;1-11(2,3)10-7-5-4-6-9(10)8-12;1-11(2,3)9-6-5-7-10(8-9)12-4;1-11(2,3)10-6-4-5-9(7-10)8-12;1-10(2,3)8-6-7(11)4-5-9(8)12;1-10(2,3)8-5-4-7(11)6-9(8)12;1-10(2,3)9-7(11)5-4-6-8(9)12;1-10(2,3)7-5-4-6-8(11)9(7)12/h6-8,12H,5,9-11H2,1-4H3;5-7,10H,8-9H2,1-4H3;2*5-8H,1-3H3;4-7H,1-3H3;5-8H,1-4H3;4-7,12H,8H2,1-3H3;4*4-6H,1-3H3. The predicted octanol–water partition coefficient (Wildman–Crippen LogP) is 35.2. The van der Waals surface area contributed by atoms with E-state index in [4.69, 9.17) is 47.2 Å². The Balaban J connectivity index is 0.000000771. The highest BCUT2D eigenvalue weighted by Crippen LogP contribution is 2.35. The fourth-order valence-corrected chi connectivity index (χ4v) is 12.8. The minimum Gasteiger partial charge on any atom is -0.497 e. The molecule has 0 saturated carbocycles. The molecule has 17 heteroatoms. The van der Waals surface area contributed by atoms with E-state index in [-0.39, 0.29) is 78.0 Å². The summed E-state index contributed by atoms with van der Waals surface area (Å²) in [6.45, 7) is 87.0. The lowest BCUT2D eigenvalue weighted by atomic mass is 9.84. The normalized spacial score (nSPS) is 11.4. The Morgan fingerprint density at radius 3 is 1.06 bits per heavy atom. The van der Waals surface area contributed by atoms with Gasteiger partial charge in [0.15, 0.2) is 23.0 Å². The second-order valence-electron chi connectivity index (χ2n) is 45.1. The van der Waals surface area contributed by atoms with Crippen molar-refractivity contribution in [3.63, 3.8) is 0 Å². The molecule has 762 valence electrons. The second-order valence-corrected chi connectivity index (χ2v) is 45.1. The summed E-state index contributed by atoms with van der Waals surface area (Å²) in [7, 11) is 3.37. The Hall–Kier alpha value is -11.4. The van der Waals surface area contributed by atoms with Gasteiger partial charge in [-0.05, 0) is 207 Å². The van der Waals surface area contributed by atoms with E-state index in [1.165, 1.54) is 75.8 Å². The summed E-state index contributed by atoms with van der Waals surface area (Å²) in [5.74, 6) is -1.40. The molecular formula is C123H163F8N3O6. The first-order chi connectivity index (χ1) is 64.4. The SMILES string of the molecule is CC(C)(C)c1c(F)cccc1F.CC(C)(C)c1cc(F)ccc1F.CC(C)(C)c1ccc(F)cc1F.CC(C)(C)c1cccc(CO)c1.CC(C)(C)c1cccc(F)c1F.CC(C)(C)c1ccccc1C#N.CCCOCCOc1cccc(C(C)(C)C)c1.COCCOc1cccc(C(C)(C)C)c1.COc1cccc(C(C)(C)C)c1.[C-]#[N+]c1ccc(C(C)(C)C)cc1.[C-]#[N+]c1cccc(C(C)(C)C)c1. The molecule has 0 aromatic heterocycles. The summed E-state index contributed by atoms with van der Waals surface area (Å²) in [4.78, 5) is 6.74. The Morgan fingerprint density at radius 1 is 0.300 bits per heavy atom. The van der Waals surface area contributed by atoms with Crippen molar-refractivity contribution in [2.24, 2.45) is 0 Å². The number of halogens is 8. The van der Waals surface area contributed by atoms with Crippen LogP contribution in [0.2, 0.25) is 0 Å². The van der Waals surface area contributed by atoms with Crippen molar-refractivity contribution in [2.75, 3.05) is 47.3 Å². The van der Waals surface area contributed by atoms with Gasteiger partial charge in [0, 0.05) is 25.3 Å². The molecule has 1 N–H and O–H groups in total. The average Bonchev–Trinajstić information content (AvgIpc) is 0.788. The van der Waals surface area contributed by atoms with Gasteiger partial charge in [-0.1, -0.05) is 393 Å². The molecule has 0 spiro atoms. The Morgan fingerprint density at radius 2 is 0.679 bits per heavy atom. The number of rotatable bonds is 12. The van der Waals surface area contributed by atoms with Gasteiger partial charge in [0.2, 0.25) is 0 Å². The van der Waals surface area contributed by atoms with Gasteiger partial charge >= 0.3 is 0 Å². The third-order valence-corrected chi connectivity index (χ3v) is 21.2. The number of nitrogens with zero attached hydrogens (tertiary/aromatic N) is 3. The molecule has 0 aliphatic heterocycles. The van der Waals surface area contributed by atoms with Crippen LogP contribution in [0.5, 0.6) is 17.2 Å². The van der Waals surface area contributed by atoms with Gasteiger partial charge in [-0.15, -0.1) is 0 Å². The summed E-state index contributed by atoms with van der Waals surface area (Å²) in [5.41, 5.74) is 13.2. The Labute approximate surface area is 838 Å². The lowest BCUT2D eigenvalue weighted by Crippen LogP contribution is -2.15. The van der Waals surface area contributed by atoms with Crippen LogP contribution in [-0.4, -0.2) is 52.4 Å². The van der Waals surface area contributed by atoms with E-state index in [1.807, 2.05) is 178 Å². The Bertz CT molecular complexity index is 5540. The molecule has 0 aliphatic carbocycles. The fraction of sp³-hybridized carbons (Fsp3) is 0.439. The third kappa shape index (κ3) is 49.1.